The summed E-state index contributed by atoms with van der Waals surface area (Å²) in [6, 6.07) is 12.8. The van der Waals surface area contributed by atoms with Crippen molar-refractivity contribution in [3.8, 4) is 0 Å². The highest BCUT2D eigenvalue weighted by Crippen LogP contribution is 2.25. The Bertz CT molecular complexity index is 1000. The summed E-state index contributed by atoms with van der Waals surface area (Å²) < 4.78 is 5.23. The van der Waals surface area contributed by atoms with Crippen molar-refractivity contribution in [3.05, 3.63) is 64.3 Å². The molecular weight excluding hydrogens is 399 g/mol. The van der Waals surface area contributed by atoms with Crippen LogP contribution in [0.15, 0.2) is 48.7 Å². The lowest BCUT2D eigenvalue weighted by atomic mass is 10.1. The van der Waals surface area contributed by atoms with E-state index in [0.717, 1.165) is 22.9 Å². The molecule has 28 heavy (non-hydrogen) atoms. The molecule has 2 N–H and O–H groups in total. The molecule has 3 aromatic rings. The first-order valence-electron chi connectivity index (χ1n) is 8.94. The molecule has 0 unspecified atom stereocenters. The number of amides is 1. The van der Waals surface area contributed by atoms with Crippen LogP contribution >= 0.6 is 23.2 Å². The topological polar surface area (TPSA) is 71.2 Å². The lowest BCUT2D eigenvalue weighted by Gasteiger charge is -2.14. The number of hydrogen-bond donors (Lipinski definition) is 2. The molecule has 0 saturated carbocycles. The second kappa shape index (κ2) is 9.13. The quantitative estimate of drug-likeness (QED) is 0.506. The summed E-state index contributed by atoms with van der Waals surface area (Å²) >= 11 is 11.9. The number of H-pyrrole nitrogens is 1. The van der Waals surface area contributed by atoms with Gasteiger partial charge in [0.15, 0.2) is 6.10 Å². The number of carbonyl (C=O) groups is 2. The number of aromatic amines is 1. The van der Waals surface area contributed by atoms with Crippen LogP contribution in [0.3, 0.4) is 0 Å². The van der Waals surface area contributed by atoms with Gasteiger partial charge in [-0.3, -0.25) is 9.59 Å². The van der Waals surface area contributed by atoms with Gasteiger partial charge in [0.1, 0.15) is 0 Å². The van der Waals surface area contributed by atoms with Crippen molar-refractivity contribution in [2.45, 2.75) is 32.3 Å². The molecule has 0 bridgehead atoms. The Labute approximate surface area is 173 Å². The fourth-order valence-electron chi connectivity index (χ4n) is 2.90. The Morgan fingerprint density at radius 3 is 2.79 bits per heavy atom. The van der Waals surface area contributed by atoms with Crippen molar-refractivity contribution in [2.24, 2.45) is 0 Å². The molecule has 1 heterocycles. The molecule has 0 aliphatic rings. The number of fused-ring (bicyclic) bond motifs is 1. The summed E-state index contributed by atoms with van der Waals surface area (Å²) in [5, 5.41) is 4.58. The standard InChI is InChI=1S/C21H20Cl2N2O3/c1-13(21(27)25-19-11-15(22)9-10-17(19)23)28-20(26)8-4-5-14-12-24-18-7-3-2-6-16(14)18/h2-3,6-7,9-13,24H,4-5,8H2,1H3,(H,25,27)/t13-/m1/s1. The lowest BCUT2D eigenvalue weighted by molar-refractivity contribution is -0.153. The number of esters is 1. The Morgan fingerprint density at radius 1 is 1.18 bits per heavy atom. The van der Waals surface area contributed by atoms with Crippen LogP contribution in [0.25, 0.3) is 10.9 Å². The molecule has 2 aromatic carbocycles. The third kappa shape index (κ3) is 5.06. The number of nitrogens with one attached hydrogen (secondary N) is 2. The van der Waals surface area contributed by atoms with E-state index in [1.165, 1.54) is 13.0 Å². The van der Waals surface area contributed by atoms with E-state index in [9.17, 15) is 9.59 Å². The van der Waals surface area contributed by atoms with E-state index in [0.29, 0.717) is 22.2 Å². The zero-order valence-corrected chi connectivity index (χ0v) is 16.8. The average molecular weight is 419 g/mol. The lowest BCUT2D eigenvalue weighted by Crippen LogP contribution is -2.30. The van der Waals surface area contributed by atoms with Crippen LogP contribution in [0.2, 0.25) is 10.0 Å². The van der Waals surface area contributed by atoms with Gasteiger partial charge < -0.3 is 15.0 Å². The number of ether oxygens (including phenoxy) is 1. The summed E-state index contributed by atoms with van der Waals surface area (Å²) in [6.07, 6.45) is 2.64. The molecule has 0 spiro atoms. The summed E-state index contributed by atoms with van der Waals surface area (Å²) in [4.78, 5) is 27.5. The molecule has 0 saturated heterocycles. The van der Waals surface area contributed by atoms with Crippen LogP contribution < -0.4 is 5.32 Å². The molecule has 146 valence electrons. The van der Waals surface area contributed by atoms with Crippen molar-refractivity contribution in [1.82, 2.24) is 4.98 Å². The zero-order valence-electron chi connectivity index (χ0n) is 15.3. The molecule has 0 aliphatic heterocycles. The Hall–Kier alpha value is -2.50. The van der Waals surface area contributed by atoms with Crippen molar-refractivity contribution >= 4 is 51.7 Å². The minimum Gasteiger partial charge on any atom is -0.453 e. The van der Waals surface area contributed by atoms with Crippen molar-refractivity contribution in [2.75, 3.05) is 5.32 Å². The number of rotatable bonds is 7. The van der Waals surface area contributed by atoms with Crippen LogP contribution in [0.1, 0.15) is 25.3 Å². The minimum absolute atomic E-state index is 0.231. The molecule has 1 amide bonds. The Morgan fingerprint density at radius 2 is 1.96 bits per heavy atom. The molecule has 3 rings (SSSR count). The number of aryl methyl sites for hydroxylation is 1. The van der Waals surface area contributed by atoms with Gasteiger partial charge in [0.25, 0.3) is 5.91 Å². The van der Waals surface area contributed by atoms with Gasteiger partial charge in [-0.2, -0.15) is 0 Å². The van der Waals surface area contributed by atoms with E-state index in [1.54, 1.807) is 12.1 Å². The highest BCUT2D eigenvalue weighted by Gasteiger charge is 2.19. The summed E-state index contributed by atoms with van der Waals surface area (Å²) in [7, 11) is 0. The van der Waals surface area contributed by atoms with Gasteiger partial charge in [0.05, 0.1) is 10.7 Å². The first kappa shape index (κ1) is 20.2. The number of benzene rings is 2. The molecule has 5 nitrogen and oxygen atoms in total. The highest BCUT2D eigenvalue weighted by atomic mass is 35.5. The van der Waals surface area contributed by atoms with Gasteiger partial charge in [-0.05, 0) is 49.6 Å². The highest BCUT2D eigenvalue weighted by molar-refractivity contribution is 6.35. The maximum absolute atomic E-state index is 12.2. The number of anilines is 1. The molecule has 0 fully saturated rings. The van der Waals surface area contributed by atoms with Crippen molar-refractivity contribution in [1.29, 1.82) is 0 Å². The van der Waals surface area contributed by atoms with Crippen LogP contribution in [0, 0.1) is 0 Å². The largest absolute Gasteiger partial charge is 0.453 e. The predicted octanol–water partition coefficient (Wildman–Crippen LogP) is 5.37. The fraction of sp³-hybridized carbons (Fsp3) is 0.238. The van der Waals surface area contributed by atoms with Crippen LogP contribution in [-0.2, 0) is 20.7 Å². The zero-order chi connectivity index (χ0) is 20.1. The molecule has 0 radical (unpaired) electrons. The Kier molecular flexibility index (Phi) is 6.60. The van der Waals surface area contributed by atoms with Gasteiger partial charge in [0.2, 0.25) is 0 Å². The van der Waals surface area contributed by atoms with Gasteiger partial charge in [-0.25, -0.2) is 0 Å². The van der Waals surface area contributed by atoms with E-state index in [1.807, 2.05) is 30.5 Å². The maximum atomic E-state index is 12.2. The molecular formula is C21H20Cl2N2O3. The van der Waals surface area contributed by atoms with Crippen molar-refractivity contribution in [3.63, 3.8) is 0 Å². The molecule has 1 atom stereocenters. The minimum atomic E-state index is -0.935. The van der Waals surface area contributed by atoms with E-state index in [-0.39, 0.29) is 6.42 Å². The van der Waals surface area contributed by atoms with Gasteiger partial charge in [-0.1, -0.05) is 41.4 Å². The Balaban J connectivity index is 1.47. The molecule has 1 aromatic heterocycles. The first-order valence-corrected chi connectivity index (χ1v) is 9.70. The van der Waals surface area contributed by atoms with Gasteiger partial charge >= 0.3 is 5.97 Å². The normalized spacial score (nSPS) is 12.0. The average Bonchev–Trinajstić information content (AvgIpc) is 3.08. The maximum Gasteiger partial charge on any atom is 0.306 e. The second-order valence-electron chi connectivity index (χ2n) is 6.46. The number of halogens is 2. The smallest absolute Gasteiger partial charge is 0.306 e. The SMILES string of the molecule is C[C@@H](OC(=O)CCCc1c[nH]c2ccccc12)C(=O)Nc1cc(Cl)ccc1Cl. The number of hydrogen-bond acceptors (Lipinski definition) is 3. The van der Waals surface area contributed by atoms with E-state index < -0.39 is 18.0 Å². The number of carbonyl (C=O) groups excluding carboxylic acids is 2. The second-order valence-corrected chi connectivity index (χ2v) is 7.30. The summed E-state index contributed by atoms with van der Waals surface area (Å²) in [6.45, 7) is 1.52. The number of para-hydroxylation sites is 1. The van der Waals surface area contributed by atoms with E-state index in [4.69, 9.17) is 27.9 Å². The first-order chi connectivity index (χ1) is 13.4. The summed E-state index contributed by atoms with van der Waals surface area (Å²) in [5.41, 5.74) is 2.61. The third-order valence-electron chi connectivity index (χ3n) is 4.37. The predicted molar refractivity (Wildman–Crippen MR) is 112 cm³/mol. The van der Waals surface area contributed by atoms with E-state index in [2.05, 4.69) is 10.3 Å². The fourth-order valence-corrected chi connectivity index (χ4v) is 3.24. The van der Waals surface area contributed by atoms with Gasteiger partial charge in [-0.15, -0.1) is 0 Å². The van der Waals surface area contributed by atoms with E-state index >= 15 is 0 Å². The third-order valence-corrected chi connectivity index (χ3v) is 4.93. The van der Waals surface area contributed by atoms with Crippen molar-refractivity contribution < 1.29 is 14.3 Å². The van der Waals surface area contributed by atoms with Crippen LogP contribution in [-0.4, -0.2) is 23.0 Å². The van der Waals surface area contributed by atoms with Crippen LogP contribution in [0.5, 0.6) is 0 Å². The molecule has 0 aliphatic carbocycles. The molecule has 7 heteroatoms. The number of aromatic nitrogens is 1. The van der Waals surface area contributed by atoms with Crippen LogP contribution in [0.4, 0.5) is 5.69 Å². The summed E-state index contributed by atoms with van der Waals surface area (Å²) in [5.74, 6) is -0.881. The monoisotopic (exact) mass is 418 g/mol. The van der Waals surface area contributed by atoms with Gasteiger partial charge in [0, 0.05) is 28.5 Å².